The second-order valence-electron chi connectivity index (χ2n) is 8.29. The molecule has 1 aromatic heterocycles. The van der Waals surface area contributed by atoms with Crippen molar-refractivity contribution in [3.8, 4) is 0 Å². The number of benzene rings is 1. The van der Waals surface area contributed by atoms with Crippen LogP contribution in [0.1, 0.15) is 60.3 Å². The van der Waals surface area contributed by atoms with Crippen LogP contribution in [0.15, 0.2) is 30.5 Å². The van der Waals surface area contributed by atoms with Crippen LogP contribution in [-0.2, 0) is 22.6 Å². The fourth-order valence-corrected chi connectivity index (χ4v) is 4.24. The van der Waals surface area contributed by atoms with Crippen LogP contribution in [0.4, 0.5) is 0 Å². The van der Waals surface area contributed by atoms with E-state index in [9.17, 15) is 9.59 Å². The van der Waals surface area contributed by atoms with E-state index in [-0.39, 0.29) is 23.7 Å². The third kappa shape index (κ3) is 4.02. The number of rotatable bonds is 3. The molecule has 0 aliphatic carbocycles. The Morgan fingerprint density at radius 1 is 1.14 bits per heavy atom. The predicted octanol–water partition coefficient (Wildman–Crippen LogP) is 2.81. The zero-order chi connectivity index (χ0) is 20.5. The molecule has 2 atom stereocenters. The fraction of sp³-hybridized carbons (Fsp3) is 0.478. The first-order valence-electron chi connectivity index (χ1n) is 10.4. The molecule has 6 nitrogen and oxygen atoms in total. The number of nitrogens with zero attached hydrogens (tertiary/aromatic N) is 4. The normalized spacial score (nSPS) is 19.8. The molecule has 0 N–H and O–H groups in total. The Morgan fingerprint density at radius 2 is 1.90 bits per heavy atom. The molecule has 1 saturated heterocycles. The zero-order valence-corrected chi connectivity index (χ0v) is 17.4. The summed E-state index contributed by atoms with van der Waals surface area (Å²) in [5.41, 5.74) is 4.32. The lowest BCUT2D eigenvalue weighted by molar-refractivity contribution is -0.133. The fourth-order valence-electron chi connectivity index (χ4n) is 4.24. The van der Waals surface area contributed by atoms with Crippen LogP contribution in [0, 0.1) is 6.92 Å². The van der Waals surface area contributed by atoms with Gasteiger partial charge in [0.25, 0.3) is 0 Å². The summed E-state index contributed by atoms with van der Waals surface area (Å²) in [6.45, 7) is 8.36. The number of aromatic nitrogens is 2. The maximum atomic E-state index is 13.0. The molecular formula is C23H28N4O2. The molecule has 3 heterocycles. The molecule has 2 aromatic rings. The van der Waals surface area contributed by atoms with Gasteiger partial charge in [-0.2, -0.15) is 0 Å². The van der Waals surface area contributed by atoms with Crippen molar-refractivity contribution in [2.45, 2.75) is 52.0 Å². The summed E-state index contributed by atoms with van der Waals surface area (Å²) in [6, 6.07) is 8.18. The highest BCUT2D eigenvalue weighted by Crippen LogP contribution is 2.27. The van der Waals surface area contributed by atoms with Gasteiger partial charge in [-0.15, -0.1) is 0 Å². The van der Waals surface area contributed by atoms with Gasteiger partial charge in [-0.1, -0.05) is 29.8 Å². The number of hydrogen-bond donors (Lipinski definition) is 0. The highest BCUT2D eigenvalue weighted by Gasteiger charge is 2.30. The SMILES string of the molecule is CC(=O)N1CC[C@H](c2ncc3c(n2)CCN(C(=O)[C@H](C)c2ccc(C)cc2)C3)C1. The largest absolute Gasteiger partial charge is 0.342 e. The van der Waals surface area contributed by atoms with E-state index in [1.54, 1.807) is 6.92 Å². The summed E-state index contributed by atoms with van der Waals surface area (Å²) in [5.74, 6) is 1.15. The molecule has 6 heteroatoms. The van der Waals surface area contributed by atoms with E-state index in [0.717, 1.165) is 42.0 Å². The maximum Gasteiger partial charge on any atom is 0.230 e. The van der Waals surface area contributed by atoms with E-state index in [1.165, 1.54) is 5.56 Å². The second-order valence-corrected chi connectivity index (χ2v) is 8.29. The Balaban J connectivity index is 1.44. The van der Waals surface area contributed by atoms with E-state index in [4.69, 9.17) is 4.98 Å². The quantitative estimate of drug-likeness (QED) is 0.806. The molecule has 29 heavy (non-hydrogen) atoms. The first kappa shape index (κ1) is 19.6. The van der Waals surface area contributed by atoms with Gasteiger partial charge in [0, 0.05) is 57.2 Å². The highest BCUT2D eigenvalue weighted by molar-refractivity contribution is 5.83. The molecular weight excluding hydrogens is 364 g/mol. The van der Waals surface area contributed by atoms with Crippen molar-refractivity contribution in [2.24, 2.45) is 0 Å². The Bertz CT molecular complexity index is 925. The smallest absolute Gasteiger partial charge is 0.230 e. The van der Waals surface area contributed by atoms with E-state index >= 15 is 0 Å². The molecule has 0 radical (unpaired) electrons. The lowest BCUT2D eigenvalue weighted by Crippen LogP contribution is -2.39. The summed E-state index contributed by atoms with van der Waals surface area (Å²) in [6.07, 6.45) is 3.54. The van der Waals surface area contributed by atoms with Crippen LogP contribution < -0.4 is 0 Å². The molecule has 2 aliphatic heterocycles. The van der Waals surface area contributed by atoms with Crippen molar-refractivity contribution >= 4 is 11.8 Å². The van der Waals surface area contributed by atoms with Gasteiger partial charge in [0.15, 0.2) is 0 Å². The average Bonchev–Trinajstić information content (AvgIpc) is 3.23. The molecule has 0 bridgehead atoms. The number of amides is 2. The molecule has 2 amide bonds. The maximum absolute atomic E-state index is 13.0. The van der Waals surface area contributed by atoms with Crippen molar-refractivity contribution in [1.29, 1.82) is 0 Å². The van der Waals surface area contributed by atoms with E-state index in [0.29, 0.717) is 19.6 Å². The Hall–Kier alpha value is -2.76. The minimum Gasteiger partial charge on any atom is -0.342 e. The molecule has 0 unspecified atom stereocenters. The van der Waals surface area contributed by atoms with E-state index in [1.807, 2.05) is 35.1 Å². The minimum absolute atomic E-state index is 0.113. The lowest BCUT2D eigenvalue weighted by Gasteiger charge is -2.30. The van der Waals surface area contributed by atoms with Gasteiger partial charge in [0.1, 0.15) is 5.82 Å². The zero-order valence-electron chi connectivity index (χ0n) is 17.4. The molecule has 4 rings (SSSR count). The van der Waals surface area contributed by atoms with E-state index in [2.05, 4.69) is 24.0 Å². The lowest BCUT2D eigenvalue weighted by atomic mass is 9.97. The monoisotopic (exact) mass is 392 g/mol. The van der Waals surface area contributed by atoms with Crippen molar-refractivity contribution in [3.63, 3.8) is 0 Å². The van der Waals surface area contributed by atoms with Gasteiger partial charge in [-0.05, 0) is 25.8 Å². The van der Waals surface area contributed by atoms with Crippen LogP contribution in [0.2, 0.25) is 0 Å². The molecule has 0 saturated carbocycles. The molecule has 0 spiro atoms. The van der Waals surface area contributed by atoms with Gasteiger partial charge in [-0.25, -0.2) is 9.97 Å². The molecule has 152 valence electrons. The number of fused-ring (bicyclic) bond motifs is 1. The van der Waals surface area contributed by atoms with Crippen LogP contribution in [0.25, 0.3) is 0 Å². The number of aryl methyl sites for hydroxylation is 1. The third-order valence-electron chi connectivity index (χ3n) is 6.21. The average molecular weight is 393 g/mol. The molecule has 1 aromatic carbocycles. The summed E-state index contributed by atoms with van der Waals surface area (Å²) >= 11 is 0. The van der Waals surface area contributed by atoms with Gasteiger partial charge in [0.05, 0.1) is 11.6 Å². The predicted molar refractivity (Wildman–Crippen MR) is 110 cm³/mol. The van der Waals surface area contributed by atoms with Crippen molar-refractivity contribution in [1.82, 2.24) is 19.8 Å². The third-order valence-corrected chi connectivity index (χ3v) is 6.21. The summed E-state index contributed by atoms with van der Waals surface area (Å²) in [5, 5.41) is 0. The molecule has 2 aliphatic rings. The van der Waals surface area contributed by atoms with Gasteiger partial charge in [-0.3, -0.25) is 9.59 Å². The first-order valence-corrected chi connectivity index (χ1v) is 10.4. The first-order chi connectivity index (χ1) is 13.9. The van der Waals surface area contributed by atoms with Gasteiger partial charge >= 0.3 is 0 Å². The number of likely N-dealkylation sites (tertiary alicyclic amines) is 1. The van der Waals surface area contributed by atoms with Gasteiger partial charge in [0.2, 0.25) is 11.8 Å². The van der Waals surface area contributed by atoms with Crippen LogP contribution >= 0.6 is 0 Å². The standard InChI is InChI=1S/C23H28N4O2/c1-15-4-6-18(7-5-15)16(2)23(29)27-11-9-21-20(14-27)12-24-22(25-21)19-8-10-26(13-19)17(3)28/h4-7,12,16,19H,8-11,13-14H2,1-3H3/t16-,19+/m1/s1. The molecule has 1 fully saturated rings. The van der Waals surface area contributed by atoms with Crippen LogP contribution in [-0.4, -0.2) is 51.2 Å². The highest BCUT2D eigenvalue weighted by atomic mass is 16.2. The summed E-state index contributed by atoms with van der Waals surface area (Å²) in [4.78, 5) is 37.8. The van der Waals surface area contributed by atoms with Crippen LogP contribution in [0.5, 0.6) is 0 Å². The van der Waals surface area contributed by atoms with Crippen molar-refractivity contribution < 1.29 is 9.59 Å². The minimum atomic E-state index is -0.159. The van der Waals surface area contributed by atoms with Gasteiger partial charge < -0.3 is 9.80 Å². The number of hydrogen-bond acceptors (Lipinski definition) is 4. The van der Waals surface area contributed by atoms with Crippen molar-refractivity contribution in [3.05, 3.63) is 58.7 Å². The second kappa shape index (κ2) is 7.93. The van der Waals surface area contributed by atoms with Crippen molar-refractivity contribution in [2.75, 3.05) is 19.6 Å². The number of carbonyl (C=O) groups is 2. The Morgan fingerprint density at radius 3 is 2.59 bits per heavy atom. The number of carbonyl (C=O) groups excluding carboxylic acids is 2. The Labute approximate surface area is 172 Å². The van der Waals surface area contributed by atoms with E-state index < -0.39 is 0 Å². The Kier molecular flexibility index (Phi) is 5.35. The topological polar surface area (TPSA) is 66.4 Å². The van der Waals surface area contributed by atoms with Crippen LogP contribution in [0.3, 0.4) is 0 Å². The summed E-state index contributed by atoms with van der Waals surface area (Å²) in [7, 11) is 0. The summed E-state index contributed by atoms with van der Waals surface area (Å²) < 4.78 is 0.